The first kappa shape index (κ1) is 41.4. The van der Waals surface area contributed by atoms with E-state index >= 15 is 0 Å². The van der Waals surface area contributed by atoms with Crippen LogP contribution in [0.5, 0.6) is 0 Å². The summed E-state index contributed by atoms with van der Waals surface area (Å²) >= 11 is 0. The molecule has 8 fully saturated rings. The van der Waals surface area contributed by atoms with E-state index in [-0.39, 0.29) is 0 Å². The molecular weight excluding hydrogens is 751 g/mol. The van der Waals surface area contributed by atoms with Gasteiger partial charge in [-0.15, -0.1) is 0 Å². The van der Waals surface area contributed by atoms with Crippen LogP contribution in [0, 0.1) is 59.2 Å². The summed E-state index contributed by atoms with van der Waals surface area (Å²) in [7, 11) is 0. The van der Waals surface area contributed by atoms with Crippen LogP contribution in [0.3, 0.4) is 0 Å². The van der Waals surface area contributed by atoms with Crippen molar-refractivity contribution >= 4 is 11.3 Å². The highest BCUT2D eigenvalue weighted by atomic mass is 15.3. The number of anilines is 1. The van der Waals surface area contributed by atoms with E-state index in [0.717, 1.165) is 83.3 Å². The summed E-state index contributed by atoms with van der Waals surface area (Å²) in [6, 6.07) is 8.53. The van der Waals surface area contributed by atoms with E-state index in [1.807, 2.05) is 5.70 Å². The smallest absolute Gasteiger partial charge is 0.0682 e. The van der Waals surface area contributed by atoms with Crippen LogP contribution in [0.15, 0.2) is 42.1 Å². The molecular formula is C59H87N3. The molecule has 3 nitrogen and oxygen atoms in total. The fourth-order valence-electron chi connectivity index (χ4n) is 18.4. The fraction of sp³-hybridized carbons (Fsp3) is 0.814. The summed E-state index contributed by atoms with van der Waals surface area (Å²) in [6.45, 7) is 0. The van der Waals surface area contributed by atoms with Gasteiger partial charge in [0.2, 0.25) is 0 Å². The number of allylic oxidation sites excluding steroid dienone is 6. The van der Waals surface area contributed by atoms with Crippen molar-refractivity contribution in [2.75, 3.05) is 4.90 Å². The van der Waals surface area contributed by atoms with Crippen molar-refractivity contribution in [2.24, 2.45) is 59.2 Å². The zero-order valence-electron chi connectivity index (χ0n) is 39.3. The van der Waals surface area contributed by atoms with Crippen LogP contribution in [0.4, 0.5) is 5.69 Å². The van der Waals surface area contributed by atoms with Gasteiger partial charge in [0, 0.05) is 47.2 Å². The van der Waals surface area contributed by atoms with Gasteiger partial charge in [-0.3, -0.25) is 4.98 Å². The third-order valence-electron chi connectivity index (χ3n) is 21.3. The Kier molecular flexibility index (Phi) is 12.2. The van der Waals surface area contributed by atoms with Crippen LogP contribution in [0.1, 0.15) is 229 Å². The Bertz CT molecular complexity index is 1790. The molecule has 62 heavy (non-hydrogen) atoms. The molecule has 2 saturated heterocycles. The normalized spacial score (nSPS) is 41.8. The van der Waals surface area contributed by atoms with Gasteiger partial charge in [0.15, 0.2) is 0 Å². The number of nitrogens with zero attached hydrogens (tertiary/aromatic N) is 3. The second-order valence-electron chi connectivity index (χ2n) is 24.3. The van der Waals surface area contributed by atoms with Crippen LogP contribution in [-0.2, 0) is 0 Å². The Labute approximate surface area is 379 Å². The van der Waals surface area contributed by atoms with Crippen LogP contribution >= 0.6 is 0 Å². The largest absolute Gasteiger partial charge is 0.369 e. The molecule has 0 aromatic carbocycles. The molecule has 1 aromatic heterocycles. The maximum Gasteiger partial charge on any atom is 0.0682 e. The molecule has 0 spiro atoms. The standard InChI is InChI=1S/C59H87N3/c1-5-17-40(18-6-1)46-33-47(41-19-7-2-8-20-41)35-48(34-46)61-56-27-15-13-25-50(56)52-36-44(29-31-58(52)61)45-30-32-59-53(37-45)51-26-14-16-28-57(51)62(59)49-38-54(42-21-9-3-10-22-42)60-55(39-49)43-23-11-4-12-24-43/h5,17,21,34,38-41,43-47,50-53,56-59H,1-4,6-16,18-20,22-33,35-37H2. The number of rotatable bonds is 7. The molecule has 0 amide bonds. The molecule has 1 aromatic rings. The van der Waals surface area contributed by atoms with Gasteiger partial charge in [-0.1, -0.05) is 101 Å². The van der Waals surface area contributed by atoms with Crippen molar-refractivity contribution in [3.63, 3.8) is 0 Å². The van der Waals surface area contributed by atoms with Crippen molar-refractivity contribution in [1.82, 2.24) is 9.88 Å². The average molecular weight is 838 g/mol. The second kappa shape index (κ2) is 18.3. The lowest BCUT2D eigenvalue weighted by Gasteiger charge is -2.47. The van der Waals surface area contributed by atoms with Gasteiger partial charge in [0.05, 0.1) is 5.69 Å². The number of fused-ring (bicyclic) bond motifs is 6. The molecule has 2 aliphatic heterocycles. The van der Waals surface area contributed by atoms with Crippen molar-refractivity contribution in [2.45, 2.75) is 242 Å². The van der Waals surface area contributed by atoms with E-state index < -0.39 is 0 Å². The summed E-state index contributed by atoms with van der Waals surface area (Å²) in [5.74, 6) is 9.95. The van der Waals surface area contributed by atoms with Gasteiger partial charge in [0.25, 0.3) is 0 Å². The number of pyridine rings is 1. The minimum absolute atomic E-state index is 0.677. The van der Waals surface area contributed by atoms with Crippen LogP contribution < -0.4 is 4.90 Å². The number of hydrogen-bond donors (Lipinski definition) is 0. The van der Waals surface area contributed by atoms with E-state index in [1.54, 1.807) is 24.1 Å². The Hall–Kier alpha value is -2.03. The maximum absolute atomic E-state index is 5.57. The van der Waals surface area contributed by atoms with E-state index in [2.05, 4.69) is 46.2 Å². The lowest BCUT2D eigenvalue weighted by atomic mass is 9.62. The lowest BCUT2D eigenvalue weighted by molar-refractivity contribution is 0.0790. The Morgan fingerprint density at radius 1 is 0.468 bits per heavy atom. The quantitative estimate of drug-likeness (QED) is 0.255. The monoisotopic (exact) mass is 838 g/mol. The number of likely N-dealkylation sites (tertiary alicyclic amines) is 1. The van der Waals surface area contributed by atoms with Crippen molar-refractivity contribution in [1.29, 1.82) is 0 Å². The van der Waals surface area contributed by atoms with Gasteiger partial charge < -0.3 is 9.80 Å². The zero-order valence-corrected chi connectivity index (χ0v) is 39.3. The third kappa shape index (κ3) is 7.94. The first-order chi connectivity index (χ1) is 30.7. The van der Waals surface area contributed by atoms with E-state index in [4.69, 9.17) is 4.98 Å². The summed E-state index contributed by atoms with van der Waals surface area (Å²) < 4.78 is 0. The minimum Gasteiger partial charge on any atom is -0.369 e. The highest BCUT2D eigenvalue weighted by Gasteiger charge is 2.56. The van der Waals surface area contributed by atoms with E-state index in [0.29, 0.717) is 5.92 Å². The summed E-state index contributed by atoms with van der Waals surface area (Å²) in [4.78, 5) is 12.0. The van der Waals surface area contributed by atoms with Crippen molar-refractivity contribution in [3.05, 3.63) is 53.5 Å². The molecule has 3 heteroatoms. The van der Waals surface area contributed by atoms with Crippen LogP contribution in [0.2, 0.25) is 0 Å². The van der Waals surface area contributed by atoms with Gasteiger partial charge in [0.1, 0.15) is 0 Å². The van der Waals surface area contributed by atoms with Gasteiger partial charge in [-0.2, -0.15) is 0 Å². The Balaban J connectivity index is 0.793. The van der Waals surface area contributed by atoms with Crippen LogP contribution in [-0.4, -0.2) is 34.1 Å². The fourth-order valence-corrected chi connectivity index (χ4v) is 18.4. The van der Waals surface area contributed by atoms with Crippen LogP contribution in [0.25, 0.3) is 5.57 Å². The highest BCUT2D eigenvalue weighted by Crippen LogP contribution is 2.59. The average Bonchev–Trinajstić information content (AvgIpc) is 3.87. The molecule has 3 heterocycles. The molecule has 9 aliphatic carbocycles. The summed E-state index contributed by atoms with van der Waals surface area (Å²) in [5, 5.41) is 0. The maximum atomic E-state index is 5.57. The first-order valence-electron chi connectivity index (χ1n) is 28.4. The molecule has 13 atom stereocenters. The molecule has 0 radical (unpaired) electrons. The molecule has 0 N–H and O–H groups in total. The highest BCUT2D eigenvalue weighted by molar-refractivity contribution is 5.68. The predicted octanol–water partition coefficient (Wildman–Crippen LogP) is 15.8. The predicted molar refractivity (Wildman–Crippen MR) is 259 cm³/mol. The third-order valence-corrected chi connectivity index (χ3v) is 21.3. The van der Waals surface area contributed by atoms with Gasteiger partial charge in [-0.25, -0.2) is 0 Å². The first-order valence-corrected chi connectivity index (χ1v) is 28.4. The molecule has 12 rings (SSSR count). The number of aromatic nitrogens is 1. The van der Waals surface area contributed by atoms with Gasteiger partial charge in [-0.05, 0) is 212 Å². The summed E-state index contributed by atoms with van der Waals surface area (Å²) in [6.07, 6.45) is 58.5. The SMILES string of the molecule is C1=CC(C2C=C(N3C4CCCCC4C4CC(C5CCC6C(C5)C5CCCCC5N6c5cc(C6=CCCCC6)nc(C6CCCCC6)c5)CCC43)CC(C3CCCCC3)C2)CCC1. The Morgan fingerprint density at radius 2 is 1.13 bits per heavy atom. The summed E-state index contributed by atoms with van der Waals surface area (Å²) in [5.41, 5.74) is 7.89. The molecule has 0 bridgehead atoms. The molecule has 11 aliphatic rings. The number of hydrogen-bond acceptors (Lipinski definition) is 3. The topological polar surface area (TPSA) is 19.4 Å². The molecule has 6 saturated carbocycles. The Morgan fingerprint density at radius 3 is 1.82 bits per heavy atom. The second-order valence-corrected chi connectivity index (χ2v) is 24.3. The molecule has 13 unspecified atom stereocenters. The lowest BCUT2D eigenvalue weighted by Crippen LogP contribution is -2.44. The van der Waals surface area contributed by atoms with E-state index in [1.165, 1.54) is 210 Å². The van der Waals surface area contributed by atoms with E-state index in [9.17, 15) is 0 Å². The van der Waals surface area contributed by atoms with Gasteiger partial charge >= 0.3 is 0 Å². The zero-order chi connectivity index (χ0) is 41.0. The molecule has 338 valence electrons. The minimum atomic E-state index is 0.677. The van der Waals surface area contributed by atoms with Crippen molar-refractivity contribution < 1.29 is 0 Å². The van der Waals surface area contributed by atoms with Crippen molar-refractivity contribution in [3.8, 4) is 0 Å².